The summed E-state index contributed by atoms with van der Waals surface area (Å²) >= 11 is 0. The van der Waals surface area contributed by atoms with E-state index in [1.54, 1.807) is 13.0 Å². The summed E-state index contributed by atoms with van der Waals surface area (Å²) in [7, 11) is 1.37. The third kappa shape index (κ3) is 2.65. The molecular weight excluding hydrogens is 200 g/mol. The second-order valence-electron chi connectivity index (χ2n) is 3.64. The number of hydrogen-bond acceptors (Lipinski definition) is 2. The molecule has 0 saturated heterocycles. The zero-order valence-corrected chi connectivity index (χ0v) is 9.05. The predicted octanol–water partition coefficient (Wildman–Crippen LogP) is 2.83. The van der Waals surface area contributed by atoms with Crippen LogP contribution in [0.1, 0.15) is 31.0 Å². The van der Waals surface area contributed by atoms with Crippen LogP contribution in [0.3, 0.4) is 0 Å². The van der Waals surface area contributed by atoms with Crippen LogP contribution in [0.2, 0.25) is 0 Å². The molecule has 1 aromatic carbocycles. The van der Waals surface area contributed by atoms with Crippen molar-refractivity contribution in [2.24, 2.45) is 5.73 Å². The molecule has 2 nitrogen and oxygen atoms in total. The van der Waals surface area contributed by atoms with Crippen LogP contribution in [-0.2, 0) is 5.92 Å². The van der Waals surface area contributed by atoms with Crippen molar-refractivity contribution in [3.8, 4) is 5.75 Å². The molecule has 0 fully saturated rings. The Morgan fingerprint density at radius 1 is 1.40 bits per heavy atom. The Bertz CT molecular complexity index is 345. The molecule has 1 aromatic rings. The normalized spacial score (nSPS) is 13.7. The quantitative estimate of drug-likeness (QED) is 0.841. The first kappa shape index (κ1) is 11.9. The van der Waals surface area contributed by atoms with E-state index >= 15 is 0 Å². The van der Waals surface area contributed by atoms with Gasteiger partial charge in [0.05, 0.1) is 12.7 Å². The molecule has 0 heterocycles. The summed E-state index contributed by atoms with van der Waals surface area (Å²) in [4.78, 5) is 0. The summed E-state index contributed by atoms with van der Waals surface area (Å²) in [6.07, 6.45) is 0. The Labute approximate surface area is 88.0 Å². The Hall–Kier alpha value is -1.16. The molecule has 84 valence electrons. The second-order valence-corrected chi connectivity index (χ2v) is 3.64. The van der Waals surface area contributed by atoms with E-state index in [1.165, 1.54) is 19.2 Å². The SMILES string of the molecule is COc1ccc(C(C)N)cc1C(C)(F)F. The van der Waals surface area contributed by atoms with Gasteiger partial charge < -0.3 is 10.5 Å². The lowest BCUT2D eigenvalue weighted by Crippen LogP contribution is -2.12. The van der Waals surface area contributed by atoms with Crippen molar-refractivity contribution in [1.82, 2.24) is 0 Å². The highest BCUT2D eigenvalue weighted by atomic mass is 19.3. The van der Waals surface area contributed by atoms with Gasteiger partial charge >= 0.3 is 0 Å². The Morgan fingerprint density at radius 3 is 2.40 bits per heavy atom. The van der Waals surface area contributed by atoms with E-state index in [2.05, 4.69) is 0 Å². The van der Waals surface area contributed by atoms with E-state index in [-0.39, 0.29) is 17.4 Å². The molecule has 0 aliphatic heterocycles. The van der Waals surface area contributed by atoms with Gasteiger partial charge in [-0.25, -0.2) is 8.78 Å². The second kappa shape index (κ2) is 4.14. The third-order valence-corrected chi connectivity index (χ3v) is 2.22. The van der Waals surface area contributed by atoms with Crippen molar-refractivity contribution >= 4 is 0 Å². The molecule has 0 aliphatic rings. The first-order valence-corrected chi connectivity index (χ1v) is 4.68. The summed E-state index contributed by atoms with van der Waals surface area (Å²) in [6.45, 7) is 2.59. The fourth-order valence-electron chi connectivity index (χ4n) is 1.35. The number of benzene rings is 1. The van der Waals surface area contributed by atoms with E-state index in [4.69, 9.17) is 10.5 Å². The van der Waals surface area contributed by atoms with Crippen molar-refractivity contribution in [2.75, 3.05) is 7.11 Å². The van der Waals surface area contributed by atoms with Crippen LogP contribution in [0.5, 0.6) is 5.75 Å². The highest BCUT2D eigenvalue weighted by molar-refractivity contribution is 5.40. The minimum atomic E-state index is -2.92. The number of methoxy groups -OCH3 is 1. The Kier molecular flexibility index (Phi) is 3.29. The molecule has 0 aromatic heterocycles. The molecule has 15 heavy (non-hydrogen) atoms. The van der Waals surface area contributed by atoms with Crippen LogP contribution in [0.4, 0.5) is 8.78 Å². The third-order valence-electron chi connectivity index (χ3n) is 2.22. The van der Waals surface area contributed by atoms with Crippen LogP contribution in [-0.4, -0.2) is 7.11 Å². The largest absolute Gasteiger partial charge is 0.496 e. The van der Waals surface area contributed by atoms with Crippen molar-refractivity contribution in [3.63, 3.8) is 0 Å². The summed E-state index contributed by atoms with van der Waals surface area (Å²) in [5.74, 6) is -2.73. The molecule has 1 rings (SSSR count). The molecule has 0 spiro atoms. The summed E-state index contributed by atoms with van der Waals surface area (Å²) in [5.41, 5.74) is 6.18. The van der Waals surface area contributed by atoms with Crippen molar-refractivity contribution in [2.45, 2.75) is 25.8 Å². The lowest BCUT2D eigenvalue weighted by Gasteiger charge is -2.17. The van der Waals surface area contributed by atoms with Crippen molar-refractivity contribution < 1.29 is 13.5 Å². The number of ether oxygens (including phenoxy) is 1. The van der Waals surface area contributed by atoms with Gasteiger partial charge in [0, 0.05) is 13.0 Å². The Balaban J connectivity index is 3.26. The zero-order chi connectivity index (χ0) is 11.6. The van der Waals surface area contributed by atoms with Crippen LogP contribution in [0, 0.1) is 0 Å². The summed E-state index contributed by atoms with van der Waals surface area (Å²) < 4.78 is 31.3. The van der Waals surface area contributed by atoms with Gasteiger partial charge in [0.2, 0.25) is 0 Å². The molecule has 1 unspecified atom stereocenters. The van der Waals surface area contributed by atoms with Gasteiger partial charge in [-0.15, -0.1) is 0 Å². The van der Waals surface area contributed by atoms with Crippen LogP contribution < -0.4 is 10.5 Å². The van der Waals surface area contributed by atoms with Crippen molar-refractivity contribution in [3.05, 3.63) is 29.3 Å². The minimum absolute atomic E-state index is 0.125. The van der Waals surface area contributed by atoms with E-state index in [9.17, 15) is 8.78 Å². The first-order valence-electron chi connectivity index (χ1n) is 4.68. The zero-order valence-electron chi connectivity index (χ0n) is 9.05. The fourth-order valence-corrected chi connectivity index (χ4v) is 1.35. The highest BCUT2D eigenvalue weighted by Crippen LogP contribution is 2.35. The number of alkyl halides is 2. The van der Waals surface area contributed by atoms with Gasteiger partial charge in [-0.3, -0.25) is 0 Å². The molecule has 0 amide bonds. The van der Waals surface area contributed by atoms with Gasteiger partial charge in [-0.1, -0.05) is 6.07 Å². The highest BCUT2D eigenvalue weighted by Gasteiger charge is 2.28. The van der Waals surface area contributed by atoms with Gasteiger partial charge in [0.15, 0.2) is 0 Å². The molecule has 0 saturated carbocycles. The number of hydrogen-bond donors (Lipinski definition) is 1. The standard InChI is InChI=1S/C11H15F2NO/c1-7(14)8-4-5-10(15-3)9(6-8)11(2,12)13/h4-7H,14H2,1-3H3. The minimum Gasteiger partial charge on any atom is -0.496 e. The number of halogens is 2. The van der Waals surface area contributed by atoms with Gasteiger partial charge in [0.25, 0.3) is 5.92 Å². The fraction of sp³-hybridized carbons (Fsp3) is 0.455. The predicted molar refractivity (Wildman–Crippen MR) is 55.2 cm³/mol. The van der Waals surface area contributed by atoms with Gasteiger partial charge in [0.1, 0.15) is 5.75 Å². The number of nitrogens with two attached hydrogens (primary N) is 1. The molecule has 0 bridgehead atoms. The first-order chi connectivity index (χ1) is 6.86. The molecule has 0 radical (unpaired) electrons. The molecular formula is C11H15F2NO. The lowest BCUT2D eigenvalue weighted by atomic mass is 10.0. The maximum atomic E-state index is 13.2. The average Bonchev–Trinajstić information content (AvgIpc) is 2.15. The molecule has 1 atom stereocenters. The van der Waals surface area contributed by atoms with Crippen molar-refractivity contribution in [1.29, 1.82) is 0 Å². The smallest absolute Gasteiger partial charge is 0.274 e. The average molecular weight is 215 g/mol. The lowest BCUT2D eigenvalue weighted by molar-refractivity contribution is 0.0150. The van der Waals surface area contributed by atoms with Crippen LogP contribution >= 0.6 is 0 Å². The summed E-state index contributed by atoms with van der Waals surface area (Å²) in [6, 6.07) is 4.34. The molecule has 0 aliphatic carbocycles. The van der Waals surface area contributed by atoms with E-state index in [0.29, 0.717) is 5.56 Å². The number of rotatable bonds is 3. The monoisotopic (exact) mass is 215 g/mol. The maximum absolute atomic E-state index is 13.2. The van der Waals surface area contributed by atoms with Crippen LogP contribution in [0.25, 0.3) is 0 Å². The van der Waals surface area contributed by atoms with E-state index in [1.807, 2.05) is 0 Å². The van der Waals surface area contributed by atoms with Crippen LogP contribution in [0.15, 0.2) is 18.2 Å². The summed E-state index contributed by atoms with van der Waals surface area (Å²) in [5, 5.41) is 0. The molecule has 2 N–H and O–H groups in total. The Morgan fingerprint density at radius 2 is 2.00 bits per heavy atom. The van der Waals surface area contributed by atoms with E-state index in [0.717, 1.165) is 6.92 Å². The molecule has 4 heteroatoms. The maximum Gasteiger partial charge on any atom is 0.274 e. The van der Waals surface area contributed by atoms with Gasteiger partial charge in [-0.05, 0) is 24.6 Å². The topological polar surface area (TPSA) is 35.2 Å². The van der Waals surface area contributed by atoms with E-state index < -0.39 is 5.92 Å². The van der Waals surface area contributed by atoms with Gasteiger partial charge in [-0.2, -0.15) is 0 Å².